The lowest BCUT2D eigenvalue weighted by molar-refractivity contribution is 0.435. The molecule has 33 heavy (non-hydrogen) atoms. The van der Waals surface area contributed by atoms with E-state index in [-0.39, 0.29) is 5.56 Å². The lowest BCUT2D eigenvalue weighted by Gasteiger charge is -2.15. The van der Waals surface area contributed by atoms with Crippen molar-refractivity contribution in [1.29, 1.82) is 0 Å². The SMILES string of the molecule is Cc1ccc(C(c2ccccc2)c2oc(-c3ccco3)nc2-c2c(C)c(Br)c(C)[nH]c2=O)o1. The minimum absolute atomic E-state index is 0.240. The molecule has 4 heterocycles. The van der Waals surface area contributed by atoms with Crippen molar-refractivity contribution in [3.05, 3.63) is 110 Å². The molecule has 0 saturated heterocycles. The molecule has 5 rings (SSSR count). The second-order valence-corrected chi connectivity index (χ2v) is 8.69. The third-order valence-electron chi connectivity index (χ3n) is 5.62. The first-order chi connectivity index (χ1) is 15.9. The number of H-pyrrole nitrogens is 1. The third kappa shape index (κ3) is 3.78. The maximum Gasteiger partial charge on any atom is 0.263 e. The molecular weight excluding hydrogens is 484 g/mol. The van der Waals surface area contributed by atoms with Gasteiger partial charge >= 0.3 is 0 Å². The van der Waals surface area contributed by atoms with Crippen LogP contribution in [-0.4, -0.2) is 9.97 Å². The summed E-state index contributed by atoms with van der Waals surface area (Å²) in [7, 11) is 0. The van der Waals surface area contributed by atoms with E-state index in [4.69, 9.17) is 18.2 Å². The van der Waals surface area contributed by atoms with Gasteiger partial charge in [0, 0.05) is 10.2 Å². The highest BCUT2D eigenvalue weighted by molar-refractivity contribution is 9.10. The van der Waals surface area contributed by atoms with Crippen LogP contribution in [0.2, 0.25) is 0 Å². The number of hydrogen-bond acceptors (Lipinski definition) is 5. The van der Waals surface area contributed by atoms with Gasteiger partial charge in [-0.2, -0.15) is 0 Å². The minimum atomic E-state index is -0.412. The quantitative estimate of drug-likeness (QED) is 0.286. The van der Waals surface area contributed by atoms with Crippen LogP contribution in [0, 0.1) is 20.8 Å². The van der Waals surface area contributed by atoms with E-state index in [0.29, 0.717) is 34.4 Å². The maximum atomic E-state index is 13.2. The van der Waals surface area contributed by atoms with Crippen LogP contribution in [0.3, 0.4) is 0 Å². The molecule has 0 aliphatic rings. The van der Waals surface area contributed by atoms with Crippen LogP contribution in [-0.2, 0) is 0 Å². The number of rotatable bonds is 5. The molecule has 4 aromatic heterocycles. The highest BCUT2D eigenvalue weighted by atomic mass is 79.9. The highest BCUT2D eigenvalue weighted by Gasteiger charge is 2.32. The Morgan fingerprint density at radius 2 is 1.76 bits per heavy atom. The van der Waals surface area contributed by atoms with Crippen molar-refractivity contribution in [1.82, 2.24) is 9.97 Å². The van der Waals surface area contributed by atoms with Crippen LogP contribution >= 0.6 is 15.9 Å². The average molecular weight is 505 g/mol. The maximum absolute atomic E-state index is 13.2. The van der Waals surface area contributed by atoms with Crippen molar-refractivity contribution in [2.24, 2.45) is 0 Å². The van der Waals surface area contributed by atoms with E-state index < -0.39 is 5.92 Å². The Bertz CT molecular complexity index is 1480. The van der Waals surface area contributed by atoms with E-state index in [1.165, 1.54) is 0 Å². The Morgan fingerprint density at radius 3 is 2.42 bits per heavy atom. The molecule has 0 bridgehead atoms. The Balaban J connectivity index is 1.83. The van der Waals surface area contributed by atoms with Crippen molar-refractivity contribution < 1.29 is 13.3 Å². The minimum Gasteiger partial charge on any atom is -0.465 e. The average Bonchev–Trinajstić information content (AvgIpc) is 3.55. The number of halogens is 1. The van der Waals surface area contributed by atoms with E-state index in [2.05, 4.69) is 20.9 Å². The molecule has 0 aliphatic heterocycles. The molecule has 7 heteroatoms. The fourth-order valence-corrected chi connectivity index (χ4v) is 4.34. The number of benzene rings is 1. The van der Waals surface area contributed by atoms with Gasteiger partial charge in [0.2, 0.25) is 0 Å². The van der Waals surface area contributed by atoms with Crippen LogP contribution in [0.25, 0.3) is 22.9 Å². The number of aryl methyl sites for hydroxylation is 2. The van der Waals surface area contributed by atoms with Gasteiger partial charge in [0.1, 0.15) is 28.9 Å². The second kappa shape index (κ2) is 8.41. The summed E-state index contributed by atoms with van der Waals surface area (Å²) in [5, 5.41) is 0. The summed E-state index contributed by atoms with van der Waals surface area (Å²) in [5.74, 6) is 2.35. The first kappa shape index (κ1) is 21.3. The molecule has 0 amide bonds. The van der Waals surface area contributed by atoms with E-state index in [0.717, 1.165) is 27.1 Å². The monoisotopic (exact) mass is 504 g/mol. The van der Waals surface area contributed by atoms with Crippen LogP contribution in [0.1, 0.15) is 40.0 Å². The number of aromatic amines is 1. The van der Waals surface area contributed by atoms with Crippen molar-refractivity contribution in [2.45, 2.75) is 26.7 Å². The smallest absolute Gasteiger partial charge is 0.263 e. The molecule has 0 fully saturated rings. The van der Waals surface area contributed by atoms with Crippen LogP contribution in [0.5, 0.6) is 0 Å². The molecule has 1 atom stereocenters. The molecule has 0 radical (unpaired) electrons. The van der Waals surface area contributed by atoms with Crippen LogP contribution in [0.15, 0.2) is 83.4 Å². The first-order valence-electron chi connectivity index (χ1n) is 10.5. The number of oxazole rings is 1. The Kier molecular flexibility index (Phi) is 5.42. The first-order valence-corrected chi connectivity index (χ1v) is 11.3. The summed E-state index contributed by atoms with van der Waals surface area (Å²) in [5.41, 5.74) is 3.13. The fraction of sp³-hybridized carbons (Fsp3) is 0.154. The lowest BCUT2D eigenvalue weighted by Crippen LogP contribution is -2.15. The highest BCUT2D eigenvalue weighted by Crippen LogP contribution is 2.41. The van der Waals surface area contributed by atoms with Gasteiger partial charge in [-0.05, 0) is 72.1 Å². The standard InChI is InChI=1S/C26H21BrN2O4/c1-14-11-12-18(32-14)21(17-8-5-4-6-9-17)24-23(29-26(33-24)19-10-7-13-31-19)20-15(2)22(27)16(3)28-25(20)30/h4-13,21H,1-3H3,(H,28,30). The van der Waals surface area contributed by atoms with Gasteiger partial charge < -0.3 is 18.2 Å². The molecule has 0 aliphatic carbocycles. The molecule has 0 spiro atoms. The number of aromatic nitrogens is 2. The number of pyridine rings is 1. The van der Waals surface area contributed by atoms with Crippen LogP contribution < -0.4 is 5.56 Å². The Hall–Kier alpha value is -3.58. The lowest BCUT2D eigenvalue weighted by atomic mass is 9.91. The summed E-state index contributed by atoms with van der Waals surface area (Å²) in [6, 6.07) is 17.3. The second-order valence-electron chi connectivity index (χ2n) is 7.89. The van der Waals surface area contributed by atoms with E-state index in [9.17, 15) is 4.79 Å². The molecule has 6 nitrogen and oxygen atoms in total. The zero-order chi connectivity index (χ0) is 23.1. The van der Waals surface area contributed by atoms with Gasteiger partial charge in [-0.15, -0.1) is 0 Å². The van der Waals surface area contributed by atoms with Crippen molar-refractivity contribution >= 4 is 15.9 Å². The number of nitrogens with one attached hydrogen (secondary N) is 1. The third-order valence-corrected chi connectivity index (χ3v) is 6.81. The van der Waals surface area contributed by atoms with Crippen LogP contribution in [0.4, 0.5) is 0 Å². The molecule has 1 N–H and O–H groups in total. The van der Waals surface area contributed by atoms with Crippen molar-refractivity contribution in [3.63, 3.8) is 0 Å². The van der Waals surface area contributed by atoms with Gasteiger partial charge in [0.05, 0.1) is 11.8 Å². The zero-order valence-corrected chi connectivity index (χ0v) is 19.9. The topological polar surface area (TPSA) is 85.2 Å². The Labute approximate surface area is 198 Å². The number of nitrogens with zero attached hydrogens (tertiary/aromatic N) is 1. The van der Waals surface area contributed by atoms with E-state index >= 15 is 0 Å². The van der Waals surface area contributed by atoms with Gasteiger partial charge in [-0.3, -0.25) is 4.79 Å². The normalized spacial score (nSPS) is 12.2. The predicted molar refractivity (Wildman–Crippen MR) is 128 cm³/mol. The molecule has 0 saturated carbocycles. The summed E-state index contributed by atoms with van der Waals surface area (Å²) < 4.78 is 18.7. The van der Waals surface area contributed by atoms with Gasteiger partial charge in [-0.1, -0.05) is 30.3 Å². The molecular formula is C26H21BrN2O4. The number of hydrogen-bond donors (Lipinski definition) is 1. The largest absolute Gasteiger partial charge is 0.465 e. The summed E-state index contributed by atoms with van der Waals surface area (Å²) >= 11 is 3.60. The van der Waals surface area contributed by atoms with E-state index in [1.807, 2.05) is 63.2 Å². The van der Waals surface area contributed by atoms with Crippen molar-refractivity contribution in [2.75, 3.05) is 0 Å². The summed E-state index contributed by atoms with van der Waals surface area (Å²) in [4.78, 5) is 20.8. The van der Waals surface area contributed by atoms with Crippen molar-refractivity contribution in [3.8, 4) is 22.9 Å². The molecule has 5 aromatic rings. The molecule has 166 valence electrons. The van der Waals surface area contributed by atoms with Gasteiger partial charge in [0.25, 0.3) is 11.4 Å². The summed E-state index contributed by atoms with van der Waals surface area (Å²) in [6.45, 7) is 5.63. The Morgan fingerprint density at radius 1 is 0.970 bits per heavy atom. The summed E-state index contributed by atoms with van der Waals surface area (Å²) in [6.07, 6.45) is 1.56. The van der Waals surface area contributed by atoms with Gasteiger partial charge in [-0.25, -0.2) is 4.98 Å². The predicted octanol–water partition coefficient (Wildman–Crippen LogP) is 6.75. The fourth-order valence-electron chi connectivity index (χ4n) is 4.05. The van der Waals surface area contributed by atoms with Gasteiger partial charge in [0.15, 0.2) is 5.76 Å². The zero-order valence-electron chi connectivity index (χ0n) is 18.3. The molecule has 1 unspecified atom stereocenters. The molecule has 1 aromatic carbocycles. The number of furan rings is 2. The van der Waals surface area contributed by atoms with E-state index in [1.54, 1.807) is 18.4 Å².